The van der Waals surface area contributed by atoms with Gasteiger partial charge in [0.25, 0.3) is 0 Å². The zero-order chi connectivity index (χ0) is 24.5. The van der Waals surface area contributed by atoms with Crippen LogP contribution in [0.3, 0.4) is 0 Å². The lowest BCUT2D eigenvalue weighted by atomic mass is 10.1. The molecule has 1 aromatic carbocycles. The van der Waals surface area contributed by atoms with Gasteiger partial charge in [-0.2, -0.15) is 11.8 Å². The summed E-state index contributed by atoms with van der Waals surface area (Å²) < 4.78 is 11.1. The fourth-order valence-electron chi connectivity index (χ4n) is 3.08. The number of carboxylic acid groups (broad SMARTS) is 1. The predicted molar refractivity (Wildman–Crippen MR) is 135 cm³/mol. The number of aliphatic carboxylic acids is 1. The summed E-state index contributed by atoms with van der Waals surface area (Å²) in [6, 6.07) is 7.31. The Morgan fingerprint density at radius 1 is 1.09 bits per heavy atom. The minimum Gasteiger partial charge on any atom is -0.492 e. The molecule has 1 unspecified atom stereocenters. The van der Waals surface area contributed by atoms with Crippen LogP contribution in [0.1, 0.15) is 52.5 Å². The van der Waals surface area contributed by atoms with Crippen molar-refractivity contribution in [2.45, 2.75) is 59.5 Å². The Bertz CT molecular complexity index is 669. The molecule has 0 saturated carbocycles. The smallest absolute Gasteiger partial charge is 0.333 e. The van der Waals surface area contributed by atoms with Crippen LogP contribution in [0.4, 0.5) is 4.79 Å². The van der Waals surface area contributed by atoms with E-state index in [0.29, 0.717) is 50.9 Å². The number of carbonyl (C=O) groups is 2. The van der Waals surface area contributed by atoms with Crippen LogP contribution < -0.4 is 10.1 Å². The van der Waals surface area contributed by atoms with Gasteiger partial charge in [-0.05, 0) is 42.7 Å². The summed E-state index contributed by atoms with van der Waals surface area (Å²) >= 11 is 1.89. The van der Waals surface area contributed by atoms with E-state index in [0.717, 1.165) is 17.1 Å². The molecule has 0 bridgehead atoms. The van der Waals surface area contributed by atoms with Crippen LogP contribution in [0.15, 0.2) is 24.3 Å². The van der Waals surface area contributed by atoms with Gasteiger partial charge < -0.3 is 24.8 Å². The van der Waals surface area contributed by atoms with E-state index in [-0.39, 0.29) is 6.03 Å². The molecule has 8 heteroatoms. The van der Waals surface area contributed by atoms with Crippen LogP contribution in [0.2, 0.25) is 0 Å². The van der Waals surface area contributed by atoms with E-state index in [1.165, 1.54) is 19.3 Å². The minimum absolute atomic E-state index is 0.0487. The van der Waals surface area contributed by atoms with Crippen molar-refractivity contribution in [2.24, 2.45) is 5.92 Å². The Kier molecular flexibility index (Phi) is 15.5. The molecule has 0 radical (unpaired) electrons. The quantitative estimate of drug-likeness (QED) is 0.295. The molecule has 1 aromatic rings. The van der Waals surface area contributed by atoms with Gasteiger partial charge in [-0.3, -0.25) is 0 Å². The molecule has 0 aliphatic rings. The molecular weight excluding hydrogens is 440 g/mol. The number of nitrogens with one attached hydrogen (secondary N) is 1. The second-order valence-corrected chi connectivity index (χ2v) is 9.59. The van der Waals surface area contributed by atoms with E-state index in [4.69, 9.17) is 9.47 Å². The normalized spacial score (nSPS) is 11.9. The lowest BCUT2D eigenvalue weighted by Gasteiger charge is -2.23. The van der Waals surface area contributed by atoms with Gasteiger partial charge in [0.15, 0.2) is 6.10 Å². The molecule has 1 rings (SSSR count). The predicted octanol–water partition coefficient (Wildman–Crippen LogP) is 4.69. The molecule has 0 saturated heterocycles. The van der Waals surface area contributed by atoms with Crippen LogP contribution >= 0.6 is 11.8 Å². The third-order valence-corrected chi connectivity index (χ3v) is 6.01. The third kappa shape index (κ3) is 13.4. The van der Waals surface area contributed by atoms with E-state index in [1.54, 1.807) is 6.92 Å². The van der Waals surface area contributed by atoms with Crippen LogP contribution in [-0.4, -0.2) is 72.5 Å². The van der Waals surface area contributed by atoms with Crippen molar-refractivity contribution in [3.63, 3.8) is 0 Å². The minimum atomic E-state index is -0.962. The number of rotatable bonds is 18. The van der Waals surface area contributed by atoms with Gasteiger partial charge in [0.1, 0.15) is 12.4 Å². The SMILES string of the molecule is CCCCCSCCN(CCOc1ccc(CC(OCC)C(=O)O)cc1)C(=O)NCC(C)C. The molecular formula is C25H42N2O5S. The monoisotopic (exact) mass is 482 g/mol. The standard InChI is InChI=1S/C25H42N2O5S/c1-5-7-8-16-33-17-14-27(25(30)26-19-20(3)4)13-15-32-22-11-9-21(10-12-22)18-23(24(28)29)31-6-2/h9-12,20,23H,5-8,13-19H2,1-4H3,(H,26,30)(H,28,29). The number of unbranched alkanes of at least 4 members (excludes halogenated alkanes) is 2. The molecule has 7 nitrogen and oxygen atoms in total. The summed E-state index contributed by atoms with van der Waals surface area (Å²) in [6.07, 6.45) is 3.15. The number of carbonyl (C=O) groups excluding carboxylic acids is 1. The number of amides is 2. The Morgan fingerprint density at radius 3 is 2.42 bits per heavy atom. The largest absolute Gasteiger partial charge is 0.492 e. The highest BCUT2D eigenvalue weighted by Gasteiger charge is 2.18. The van der Waals surface area contributed by atoms with Crippen molar-refractivity contribution in [1.29, 1.82) is 0 Å². The van der Waals surface area contributed by atoms with Gasteiger partial charge >= 0.3 is 12.0 Å². The molecule has 0 heterocycles. The highest BCUT2D eigenvalue weighted by molar-refractivity contribution is 7.99. The van der Waals surface area contributed by atoms with E-state index in [9.17, 15) is 14.7 Å². The summed E-state index contributed by atoms with van der Waals surface area (Å²) in [5, 5.41) is 12.2. The number of nitrogens with zero attached hydrogens (tertiary/aromatic N) is 1. The number of thioether (sulfide) groups is 1. The summed E-state index contributed by atoms with van der Waals surface area (Å²) in [6.45, 7) is 10.7. The van der Waals surface area contributed by atoms with Gasteiger partial charge in [0.2, 0.25) is 0 Å². The second-order valence-electron chi connectivity index (χ2n) is 8.37. The number of ether oxygens (including phenoxy) is 2. The van der Waals surface area contributed by atoms with Gasteiger partial charge in [-0.25, -0.2) is 9.59 Å². The first-order chi connectivity index (χ1) is 15.9. The van der Waals surface area contributed by atoms with E-state index in [2.05, 4.69) is 26.1 Å². The molecule has 0 spiro atoms. The van der Waals surface area contributed by atoms with Gasteiger partial charge in [0, 0.05) is 31.9 Å². The summed E-state index contributed by atoms with van der Waals surface area (Å²) in [5.74, 6) is 2.18. The van der Waals surface area contributed by atoms with Gasteiger partial charge in [-0.15, -0.1) is 0 Å². The van der Waals surface area contributed by atoms with E-state index in [1.807, 2.05) is 40.9 Å². The maximum Gasteiger partial charge on any atom is 0.333 e. The first kappa shape index (κ1) is 29.1. The van der Waals surface area contributed by atoms with Crippen molar-refractivity contribution < 1.29 is 24.2 Å². The van der Waals surface area contributed by atoms with Crippen molar-refractivity contribution >= 4 is 23.8 Å². The number of urea groups is 1. The van der Waals surface area contributed by atoms with Crippen molar-refractivity contribution in [2.75, 3.05) is 44.4 Å². The highest BCUT2D eigenvalue weighted by atomic mass is 32.2. The zero-order valence-electron chi connectivity index (χ0n) is 20.7. The molecule has 2 N–H and O–H groups in total. The summed E-state index contributed by atoms with van der Waals surface area (Å²) in [5.41, 5.74) is 0.873. The van der Waals surface area contributed by atoms with Crippen molar-refractivity contribution in [1.82, 2.24) is 10.2 Å². The average molecular weight is 483 g/mol. The van der Waals surface area contributed by atoms with Crippen molar-refractivity contribution in [3.8, 4) is 5.75 Å². The lowest BCUT2D eigenvalue weighted by molar-refractivity contribution is -0.149. The number of hydrogen-bond donors (Lipinski definition) is 2. The topological polar surface area (TPSA) is 88.1 Å². The Morgan fingerprint density at radius 2 is 1.82 bits per heavy atom. The first-order valence-electron chi connectivity index (χ1n) is 12.0. The average Bonchev–Trinajstić information content (AvgIpc) is 2.79. The van der Waals surface area contributed by atoms with Gasteiger partial charge in [-0.1, -0.05) is 45.7 Å². The highest BCUT2D eigenvalue weighted by Crippen LogP contribution is 2.15. The third-order valence-electron chi connectivity index (χ3n) is 4.96. The molecule has 0 aliphatic carbocycles. The Hall–Kier alpha value is -1.93. The molecule has 2 amide bonds. The number of hydrogen-bond acceptors (Lipinski definition) is 5. The van der Waals surface area contributed by atoms with Crippen LogP contribution in [0.25, 0.3) is 0 Å². The fourth-order valence-corrected chi connectivity index (χ4v) is 4.04. The first-order valence-corrected chi connectivity index (χ1v) is 13.2. The fraction of sp³-hybridized carbons (Fsp3) is 0.680. The molecule has 188 valence electrons. The van der Waals surface area contributed by atoms with E-state index < -0.39 is 12.1 Å². The maximum atomic E-state index is 12.6. The lowest BCUT2D eigenvalue weighted by Crippen LogP contribution is -2.44. The maximum absolute atomic E-state index is 12.6. The van der Waals surface area contributed by atoms with Crippen LogP contribution in [-0.2, 0) is 16.0 Å². The van der Waals surface area contributed by atoms with Crippen LogP contribution in [0, 0.1) is 5.92 Å². The molecule has 0 fully saturated rings. The zero-order valence-corrected chi connectivity index (χ0v) is 21.5. The van der Waals surface area contributed by atoms with E-state index >= 15 is 0 Å². The summed E-state index contributed by atoms with van der Waals surface area (Å²) in [7, 11) is 0. The van der Waals surface area contributed by atoms with Crippen molar-refractivity contribution in [3.05, 3.63) is 29.8 Å². The molecule has 0 aliphatic heterocycles. The number of carboxylic acids is 1. The van der Waals surface area contributed by atoms with Crippen LogP contribution in [0.5, 0.6) is 5.75 Å². The second kappa shape index (κ2) is 17.5. The molecule has 33 heavy (non-hydrogen) atoms. The summed E-state index contributed by atoms with van der Waals surface area (Å²) in [4.78, 5) is 25.7. The molecule has 0 aromatic heterocycles. The Balaban J connectivity index is 2.52. The van der Waals surface area contributed by atoms with Gasteiger partial charge in [0.05, 0.1) is 6.54 Å². The Labute approximate surface area is 203 Å². The molecule has 1 atom stereocenters. The number of benzene rings is 1.